The lowest BCUT2D eigenvalue weighted by atomic mass is 10.1. The summed E-state index contributed by atoms with van der Waals surface area (Å²) >= 11 is 3.31. The number of nitrogens with two attached hydrogens (primary N) is 3. The van der Waals surface area contributed by atoms with Crippen molar-refractivity contribution in [2.75, 3.05) is 37.1 Å². The summed E-state index contributed by atoms with van der Waals surface area (Å²) in [6, 6.07) is 7.75. The van der Waals surface area contributed by atoms with Crippen LogP contribution >= 0.6 is 15.9 Å². The van der Waals surface area contributed by atoms with E-state index in [-0.39, 0.29) is 28.3 Å². The van der Waals surface area contributed by atoms with Crippen LogP contribution in [0.5, 0.6) is 5.75 Å². The standard InChI is InChI=1S/C18H21BrN4O4/c1-26-5-2-6-27-15-8-10(17(22)24)7-14(21)16(15)23-18(25)12-9-11(19)3-4-13(12)20/h3-4,7-9H,2,5-6,20-21H2,1H3,(H2,22,24)(H,23,25). The van der Waals surface area contributed by atoms with Crippen molar-refractivity contribution in [2.45, 2.75) is 6.42 Å². The summed E-state index contributed by atoms with van der Waals surface area (Å²) < 4.78 is 11.4. The lowest BCUT2D eigenvalue weighted by Gasteiger charge is -2.16. The first-order chi connectivity index (χ1) is 12.8. The van der Waals surface area contributed by atoms with Crippen molar-refractivity contribution in [2.24, 2.45) is 5.73 Å². The molecule has 0 spiro atoms. The van der Waals surface area contributed by atoms with E-state index in [0.29, 0.717) is 29.8 Å². The Hall–Kier alpha value is -2.78. The van der Waals surface area contributed by atoms with E-state index in [2.05, 4.69) is 21.2 Å². The number of anilines is 3. The smallest absolute Gasteiger partial charge is 0.257 e. The fourth-order valence-electron chi connectivity index (χ4n) is 2.32. The first-order valence-corrected chi connectivity index (χ1v) is 8.84. The highest BCUT2D eigenvalue weighted by molar-refractivity contribution is 9.10. The third-order valence-corrected chi connectivity index (χ3v) is 4.16. The van der Waals surface area contributed by atoms with Crippen molar-refractivity contribution in [3.8, 4) is 5.75 Å². The fraction of sp³-hybridized carbons (Fsp3) is 0.222. The molecular formula is C18H21BrN4O4. The van der Waals surface area contributed by atoms with E-state index >= 15 is 0 Å². The summed E-state index contributed by atoms with van der Waals surface area (Å²) in [5.41, 5.74) is 18.4. The van der Waals surface area contributed by atoms with Crippen LogP contribution in [0, 0.1) is 0 Å². The number of amides is 2. The highest BCUT2D eigenvalue weighted by atomic mass is 79.9. The minimum Gasteiger partial charge on any atom is -0.491 e. The topological polar surface area (TPSA) is 143 Å². The van der Waals surface area contributed by atoms with Crippen molar-refractivity contribution in [1.29, 1.82) is 0 Å². The Labute approximate surface area is 165 Å². The molecule has 0 radical (unpaired) electrons. The van der Waals surface area contributed by atoms with E-state index in [9.17, 15) is 9.59 Å². The minimum absolute atomic E-state index is 0.148. The SMILES string of the molecule is COCCCOc1cc(C(N)=O)cc(N)c1NC(=O)c1cc(Br)ccc1N. The van der Waals surface area contributed by atoms with Gasteiger partial charge in [-0.15, -0.1) is 0 Å². The molecule has 8 nitrogen and oxygen atoms in total. The van der Waals surface area contributed by atoms with Crippen LogP contribution < -0.4 is 27.3 Å². The van der Waals surface area contributed by atoms with Crippen LogP contribution in [0.25, 0.3) is 0 Å². The predicted octanol–water partition coefficient (Wildman–Crippen LogP) is 2.38. The molecule has 2 aromatic carbocycles. The predicted molar refractivity (Wildman–Crippen MR) is 108 cm³/mol. The molecule has 2 rings (SSSR count). The number of nitrogen functional groups attached to an aromatic ring is 2. The molecule has 144 valence electrons. The van der Waals surface area contributed by atoms with E-state index < -0.39 is 11.8 Å². The Morgan fingerprint density at radius 1 is 1.11 bits per heavy atom. The second-order valence-corrected chi connectivity index (χ2v) is 6.60. The van der Waals surface area contributed by atoms with Gasteiger partial charge >= 0.3 is 0 Å². The lowest BCUT2D eigenvalue weighted by molar-refractivity contribution is 0.0998. The number of hydrogen-bond acceptors (Lipinski definition) is 6. The molecule has 9 heteroatoms. The maximum absolute atomic E-state index is 12.7. The van der Waals surface area contributed by atoms with Crippen molar-refractivity contribution >= 4 is 44.8 Å². The van der Waals surface area contributed by atoms with Gasteiger partial charge in [0.25, 0.3) is 5.91 Å². The van der Waals surface area contributed by atoms with E-state index in [1.807, 2.05) is 0 Å². The third-order valence-electron chi connectivity index (χ3n) is 3.67. The summed E-state index contributed by atoms with van der Waals surface area (Å²) in [7, 11) is 1.58. The van der Waals surface area contributed by atoms with Gasteiger partial charge in [-0.25, -0.2) is 0 Å². The number of benzene rings is 2. The summed E-state index contributed by atoms with van der Waals surface area (Å²) in [6.07, 6.45) is 0.614. The Morgan fingerprint density at radius 3 is 2.52 bits per heavy atom. The average molecular weight is 437 g/mol. The summed E-state index contributed by atoms with van der Waals surface area (Å²) in [6.45, 7) is 0.804. The molecule has 27 heavy (non-hydrogen) atoms. The second-order valence-electron chi connectivity index (χ2n) is 5.68. The van der Waals surface area contributed by atoms with E-state index in [1.54, 1.807) is 25.3 Å². The van der Waals surface area contributed by atoms with Gasteiger partial charge in [0.1, 0.15) is 11.4 Å². The molecule has 0 aromatic heterocycles. The van der Waals surface area contributed by atoms with Gasteiger partial charge in [0.15, 0.2) is 0 Å². The van der Waals surface area contributed by atoms with Crippen LogP contribution in [0.1, 0.15) is 27.1 Å². The Kier molecular flexibility index (Phi) is 7.03. The third kappa shape index (κ3) is 5.35. The van der Waals surface area contributed by atoms with Gasteiger partial charge in [0.05, 0.1) is 17.9 Å². The molecule has 0 aliphatic carbocycles. The highest BCUT2D eigenvalue weighted by Gasteiger charge is 2.18. The lowest BCUT2D eigenvalue weighted by Crippen LogP contribution is -2.18. The number of ether oxygens (including phenoxy) is 2. The number of rotatable bonds is 8. The van der Waals surface area contributed by atoms with Crippen LogP contribution in [0.15, 0.2) is 34.8 Å². The van der Waals surface area contributed by atoms with Gasteiger partial charge < -0.3 is 32.0 Å². The zero-order valence-corrected chi connectivity index (χ0v) is 16.3. The van der Waals surface area contributed by atoms with Gasteiger partial charge in [-0.05, 0) is 30.3 Å². The van der Waals surface area contributed by atoms with Crippen LogP contribution in [0.4, 0.5) is 17.1 Å². The van der Waals surface area contributed by atoms with Crippen LogP contribution in [-0.4, -0.2) is 32.1 Å². The Morgan fingerprint density at radius 2 is 1.85 bits per heavy atom. The maximum Gasteiger partial charge on any atom is 0.257 e. The first-order valence-electron chi connectivity index (χ1n) is 8.05. The van der Waals surface area contributed by atoms with Gasteiger partial charge in [-0.2, -0.15) is 0 Å². The first kappa shape index (κ1) is 20.5. The van der Waals surface area contributed by atoms with Gasteiger partial charge in [0, 0.05) is 35.9 Å². The number of carbonyl (C=O) groups excluding carboxylic acids is 2. The second kappa shape index (κ2) is 9.24. The zero-order valence-electron chi connectivity index (χ0n) is 14.8. The molecule has 2 amide bonds. The van der Waals surface area contributed by atoms with Gasteiger partial charge in [-0.1, -0.05) is 15.9 Å². The van der Waals surface area contributed by atoms with Gasteiger partial charge in [0.2, 0.25) is 5.91 Å². The molecule has 0 aliphatic heterocycles. The van der Waals surface area contributed by atoms with Crippen LogP contribution in [0.3, 0.4) is 0 Å². The maximum atomic E-state index is 12.7. The monoisotopic (exact) mass is 436 g/mol. The molecule has 0 fully saturated rings. The quantitative estimate of drug-likeness (QED) is 0.369. The molecule has 0 aliphatic rings. The van der Waals surface area contributed by atoms with E-state index in [1.165, 1.54) is 12.1 Å². The molecule has 2 aromatic rings. The van der Waals surface area contributed by atoms with Crippen molar-refractivity contribution in [3.05, 3.63) is 45.9 Å². The number of nitrogens with one attached hydrogen (secondary N) is 1. The summed E-state index contributed by atoms with van der Waals surface area (Å²) in [5.74, 6) is -0.881. The molecule has 0 atom stereocenters. The number of primary amides is 1. The summed E-state index contributed by atoms with van der Waals surface area (Å²) in [5, 5.41) is 2.70. The van der Waals surface area contributed by atoms with Crippen LogP contribution in [-0.2, 0) is 4.74 Å². The number of halogens is 1. The summed E-state index contributed by atoms with van der Waals surface area (Å²) in [4.78, 5) is 24.2. The minimum atomic E-state index is -0.655. The highest BCUT2D eigenvalue weighted by Crippen LogP contribution is 2.33. The molecule has 0 bridgehead atoms. The van der Waals surface area contributed by atoms with Gasteiger partial charge in [-0.3, -0.25) is 9.59 Å². The largest absolute Gasteiger partial charge is 0.491 e. The fourth-order valence-corrected chi connectivity index (χ4v) is 2.68. The molecule has 0 saturated carbocycles. The normalized spacial score (nSPS) is 10.4. The Bertz CT molecular complexity index is 857. The molecule has 0 heterocycles. The van der Waals surface area contributed by atoms with E-state index in [0.717, 1.165) is 0 Å². The van der Waals surface area contributed by atoms with Crippen molar-refractivity contribution < 1.29 is 19.1 Å². The zero-order chi connectivity index (χ0) is 20.0. The number of hydrogen-bond donors (Lipinski definition) is 4. The number of methoxy groups -OCH3 is 1. The van der Waals surface area contributed by atoms with Crippen LogP contribution in [0.2, 0.25) is 0 Å². The number of carbonyl (C=O) groups is 2. The Balaban J connectivity index is 2.34. The molecule has 0 unspecified atom stereocenters. The molecular weight excluding hydrogens is 416 g/mol. The van der Waals surface area contributed by atoms with Crippen molar-refractivity contribution in [1.82, 2.24) is 0 Å². The molecule has 0 saturated heterocycles. The molecule has 7 N–H and O–H groups in total. The van der Waals surface area contributed by atoms with Crippen molar-refractivity contribution in [3.63, 3.8) is 0 Å². The van der Waals surface area contributed by atoms with E-state index in [4.69, 9.17) is 26.7 Å². The average Bonchev–Trinajstić information content (AvgIpc) is 2.62.